The number of amides is 1. The van der Waals surface area contributed by atoms with E-state index in [9.17, 15) is 9.18 Å². The summed E-state index contributed by atoms with van der Waals surface area (Å²) < 4.78 is 15.7. The number of carbonyl (C=O) groups excluding carboxylic acids is 1. The van der Waals surface area contributed by atoms with E-state index in [0.717, 1.165) is 18.9 Å². The summed E-state index contributed by atoms with van der Waals surface area (Å²) in [6.45, 7) is 5.70. The highest BCUT2D eigenvalue weighted by Crippen LogP contribution is 2.22. The third-order valence-electron chi connectivity index (χ3n) is 5.06. The zero-order valence-electron chi connectivity index (χ0n) is 16.0. The average Bonchev–Trinajstić information content (AvgIpc) is 3.24. The van der Waals surface area contributed by atoms with Gasteiger partial charge >= 0.3 is 0 Å². The van der Waals surface area contributed by atoms with Gasteiger partial charge in [-0.3, -0.25) is 4.79 Å². The van der Waals surface area contributed by atoms with Crippen LogP contribution in [0.15, 0.2) is 30.9 Å². The monoisotopic (exact) mass is 383 g/mol. The second-order valence-corrected chi connectivity index (χ2v) is 7.18. The van der Waals surface area contributed by atoms with Crippen molar-refractivity contribution in [2.45, 2.75) is 19.9 Å². The van der Waals surface area contributed by atoms with E-state index >= 15 is 0 Å². The fourth-order valence-corrected chi connectivity index (χ4v) is 3.57. The summed E-state index contributed by atoms with van der Waals surface area (Å²) in [5, 5.41) is 5.96. The molecular formula is C19H22FN7O. The summed E-state index contributed by atoms with van der Waals surface area (Å²) in [7, 11) is 1.95. The smallest absolute Gasteiger partial charge is 0.275 e. The molecule has 4 rings (SSSR count). The van der Waals surface area contributed by atoms with Gasteiger partial charge in [-0.05, 0) is 19.9 Å². The van der Waals surface area contributed by atoms with Crippen molar-refractivity contribution < 1.29 is 9.18 Å². The van der Waals surface area contributed by atoms with Gasteiger partial charge in [-0.15, -0.1) is 0 Å². The van der Waals surface area contributed by atoms with Crippen molar-refractivity contribution in [1.82, 2.24) is 24.7 Å². The molecule has 1 amide bonds. The first-order valence-electron chi connectivity index (χ1n) is 9.15. The molecule has 1 aliphatic heterocycles. The standard InChI is InChI=1S/C19H22FN7O/c1-11-7-26(10-16(11)21-3)17-6-22-15(5-23-17)19(28)25-13-4-14(20)18-24-12(2)8-27(18)9-13/h4-6,8-9,11,16,21H,7,10H2,1-3H3,(H,25,28). The van der Waals surface area contributed by atoms with Crippen LogP contribution in [0.5, 0.6) is 0 Å². The van der Waals surface area contributed by atoms with Crippen LogP contribution in [0.3, 0.4) is 0 Å². The van der Waals surface area contributed by atoms with Crippen LogP contribution in [0, 0.1) is 18.7 Å². The molecule has 28 heavy (non-hydrogen) atoms. The Morgan fingerprint density at radius 1 is 1.25 bits per heavy atom. The summed E-state index contributed by atoms with van der Waals surface area (Å²) in [5.74, 6) is 0.293. The van der Waals surface area contributed by atoms with Crippen molar-refractivity contribution in [3.63, 3.8) is 0 Å². The van der Waals surface area contributed by atoms with E-state index in [-0.39, 0.29) is 11.3 Å². The highest BCUT2D eigenvalue weighted by molar-refractivity contribution is 6.02. The molecule has 2 N–H and O–H groups in total. The normalized spacial score (nSPS) is 19.4. The number of anilines is 2. The second-order valence-electron chi connectivity index (χ2n) is 7.18. The minimum absolute atomic E-state index is 0.170. The molecule has 0 saturated carbocycles. The highest BCUT2D eigenvalue weighted by Gasteiger charge is 2.29. The average molecular weight is 383 g/mol. The van der Waals surface area contributed by atoms with Gasteiger partial charge in [0.1, 0.15) is 11.5 Å². The van der Waals surface area contributed by atoms with Crippen LogP contribution in [-0.2, 0) is 0 Å². The molecule has 1 fully saturated rings. The minimum Gasteiger partial charge on any atom is -0.353 e. The Bertz CT molecular complexity index is 1020. The Kier molecular flexibility index (Phi) is 4.68. The second kappa shape index (κ2) is 7.16. The lowest BCUT2D eigenvalue weighted by molar-refractivity contribution is 0.102. The number of hydrogen-bond acceptors (Lipinski definition) is 6. The largest absolute Gasteiger partial charge is 0.353 e. The van der Waals surface area contributed by atoms with Gasteiger partial charge in [0.25, 0.3) is 5.91 Å². The van der Waals surface area contributed by atoms with Gasteiger partial charge in [0.05, 0.1) is 23.8 Å². The Balaban J connectivity index is 1.48. The van der Waals surface area contributed by atoms with E-state index in [4.69, 9.17) is 0 Å². The number of carbonyl (C=O) groups is 1. The van der Waals surface area contributed by atoms with E-state index in [1.165, 1.54) is 12.3 Å². The van der Waals surface area contributed by atoms with Crippen LogP contribution in [0.1, 0.15) is 23.1 Å². The van der Waals surface area contributed by atoms with Crippen LogP contribution in [0.25, 0.3) is 5.65 Å². The summed E-state index contributed by atoms with van der Waals surface area (Å²) in [6, 6.07) is 1.65. The fourth-order valence-electron chi connectivity index (χ4n) is 3.57. The number of nitrogens with zero attached hydrogens (tertiary/aromatic N) is 5. The molecule has 1 aliphatic rings. The molecule has 0 spiro atoms. The lowest BCUT2D eigenvalue weighted by Crippen LogP contribution is -2.32. The molecule has 0 bridgehead atoms. The number of fused-ring (bicyclic) bond motifs is 1. The number of hydrogen-bond donors (Lipinski definition) is 2. The van der Waals surface area contributed by atoms with Crippen molar-refractivity contribution in [2.24, 2.45) is 5.92 Å². The van der Waals surface area contributed by atoms with Crippen molar-refractivity contribution in [1.29, 1.82) is 0 Å². The first-order valence-corrected chi connectivity index (χ1v) is 9.15. The Labute approximate surface area is 161 Å². The van der Waals surface area contributed by atoms with Gasteiger partial charge in [0.2, 0.25) is 0 Å². The molecule has 1 saturated heterocycles. The molecule has 0 aromatic carbocycles. The molecule has 0 aliphatic carbocycles. The summed E-state index contributed by atoms with van der Waals surface area (Å²) in [5.41, 5.74) is 1.41. The van der Waals surface area contributed by atoms with Gasteiger partial charge in [-0.1, -0.05) is 6.92 Å². The Morgan fingerprint density at radius 3 is 2.75 bits per heavy atom. The van der Waals surface area contributed by atoms with E-state index in [0.29, 0.717) is 23.3 Å². The van der Waals surface area contributed by atoms with Crippen LogP contribution >= 0.6 is 0 Å². The van der Waals surface area contributed by atoms with E-state index in [1.54, 1.807) is 29.9 Å². The van der Waals surface area contributed by atoms with Gasteiger partial charge in [-0.25, -0.2) is 19.3 Å². The number of nitrogens with one attached hydrogen (secondary N) is 2. The number of halogens is 1. The predicted molar refractivity (Wildman–Crippen MR) is 104 cm³/mol. The zero-order valence-corrected chi connectivity index (χ0v) is 16.0. The molecule has 9 heteroatoms. The van der Waals surface area contributed by atoms with Gasteiger partial charge in [0.15, 0.2) is 11.5 Å². The number of rotatable bonds is 4. The maximum Gasteiger partial charge on any atom is 0.275 e. The van der Waals surface area contributed by atoms with Gasteiger partial charge in [-0.2, -0.15) is 0 Å². The maximum atomic E-state index is 14.2. The van der Waals surface area contributed by atoms with Crippen molar-refractivity contribution >= 4 is 23.1 Å². The maximum absolute atomic E-state index is 14.2. The van der Waals surface area contributed by atoms with Crippen molar-refractivity contribution in [2.75, 3.05) is 30.4 Å². The lowest BCUT2D eigenvalue weighted by atomic mass is 10.1. The SMILES string of the molecule is CNC1CN(c2cnc(C(=O)Nc3cc(F)c4nc(C)cn4c3)cn2)CC1C. The van der Waals surface area contributed by atoms with E-state index in [2.05, 4.69) is 37.4 Å². The number of aryl methyl sites for hydroxylation is 1. The molecule has 146 valence electrons. The van der Waals surface area contributed by atoms with Gasteiger partial charge in [0, 0.05) is 37.6 Å². The summed E-state index contributed by atoms with van der Waals surface area (Å²) >= 11 is 0. The first-order chi connectivity index (χ1) is 13.4. The molecule has 2 unspecified atom stereocenters. The fraction of sp³-hybridized carbons (Fsp3) is 0.368. The Hall–Kier alpha value is -3.07. The van der Waals surface area contributed by atoms with Crippen molar-refractivity contribution in [3.8, 4) is 0 Å². The zero-order chi connectivity index (χ0) is 19.8. The molecule has 3 aromatic rings. The lowest BCUT2D eigenvalue weighted by Gasteiger charge is -2.16. The predicted octanol–water partition coefficient (Wildman–Crippen LogP) is 1.87. The number of aromatic nitrogens is 4. The summed E-state index contributed by atoms with van der Waals surface area (Å²) in [4.78, 5) is 27.3. The number of likely N-dealkylation sites (N-methyl/N-ethyl adjacent to an activating group) is 1. The molecular weight excluding hydrogens is 361 g/mol. The minimum atomic E-state index is -0.505. The number of imidazole rings is 1. The third kappa shape index (κ3) is 3.40. The molecule has 3 aromatic heterocycles. The molecule has 0 radical (unpaired) electrons. The Morgan fingerprint density at radius 2 is 2.07 bits per heavy atom. The quantitative estimate of drug-likeness (QED) is 0.715. The van der Waals surface area contributed by atoms with Crippen LogP contribution < -0.4 is 15.5 Å². The topological polar surface area (TPSA) is 87.5 Å². The van der Waals surface area contributed by atoms with E-state index in [1.807, 2.05) is 7.05 Å². The highest BCUT2D eigenvalue weighted by atomic mass is 19.1. The molecule has 2 atom stereocenters. The third-order valence-corrected chi connectivity index (χ3v) is 5.06. The van der Waals surface area contributed by atoms with Crippen LogP contribution in [0.4, 0.5) is 15.9 Å². The van der Waals surface area contributed by atoms with Gasteiger partial charge < -0.3 is 19.9 Å². The molecule has 4 heterocycles. The summed E-state index contributed by atoms with van der Waals surface area (Å²) in [6.07, 6.45) is 6.35. The van der Waals surface area contributed by atoms with Crippen LogP contribution in [-0.4, -0.2) is 51.4 Å². The van der Waals surface area contributed by atoms with Crippen molar-refractivity contribution in [3.05, 3.63) is 48.1 Å². The van der Waals surface area contributed by atoms with E-state index < -0.39 is 11.7 Å². The van der Waals surface area contributed by atoms with Crippen LogP contribution in [0.2, 0.25) is 0 Å². The molecule has 8 nitrogen and oxygen atoms in total. The number of pyridine rings is 1. The first kappa shape index (κ1) is 18.3.